The van der Waals surface area contributed by atoms with Crippen molar-refractivity contribution in [2.75, 3.05) is 31.2 Å². The molecule has 0 bridgehead atoms. The fourth-order valence-corrected chi connectivity index (χ4v) is 2.85. The minimum absolute atomic E-state index is 0.00637. The highest BCUT2D eigenvalue weighted by molar-refractivity contribution is 5.94. The van der Waals surface area contributed by atoms with Crippen LogP contribution in [-0.4, -0.2) is 53.0 Å². The van der Waals surface area contributed by atoms with Crippen molar-refractivity contribution >= 4 is 11.6 Å². The molecule has 1 amide bonds. The molecule has 25 heavy (non-hydrogen) atoms. The molecule has 1 atom stereocenters. The fourth-order valence-electron chi connectivity index (χ4n) is 2.85. The SMILES string of the molecule is CC(C)[C@H](Cn1cncn1)NC(=O)c1ccc(N2CCOCC2)cc1. The van der Waals surface area contributed by atoms with E-state index in [-0.39, 0.29) is 11.9 Å². The second-order valence-corrected chi connectivity index (χ2v) is 6.59. The topological polar surface area (TPSA) is 72.3 Å². The van der Waals surface area contributed by atoms with Gasteiger partial charge in [-0.1, -0.05) is 13.8 Å². The zero-order chi connectivity index (χ0) is 17.6. The van der Waals surface area contributed by atoms with Gasteiger partial charge in [-0.3, -0.25) is 9.48 Å². The normalized spacial score (nSPS) is 16.0. The van der Waals surface area contributed by atoms with Crippen molar-refractivity contribution in [2.45, 2.75) is 26.4 Å². The van der Waals surface area contributed by atoms with Crippen molar-refractivity contribution in [3.05, 3.63) is 42.5 Å². The molecule has 1 N–H and O–H groups in total. The van der Waals surface area contributed by atoms with Crippen molar-refractivity contribution in [3.63, 3.8) is 0 Å². The monoisotopic (exact) mass is 343 g/mol. The Morgan fingerprint density at radius 1 is 1.24 bits per heavy atom. The minimum atomic E-state index is -0.0626. The second-order valence-electron chi connectivity index (χ2n) is 6.59. The van der Waals surface area contributed by atoms with Crippen LogP contribution in [0.4, 0.5) is 5.69 Å². The van der Waals surface area contributed by atoms with Gasteiger partial charge in [0.15, 0.2) is 0 Å². The van der Waals surface area contributed by atoms with Crippen LogP contribution in [0.15, 0.2) is 36.9 Å². The minimum Gasteiger partial charge on any atom is -0.378 e. The van der Waals surface area contributed by atoms with Crippen LogP contribution in [-0.2, 0) is 11.3 Å². The summed E-state index contributed by atoms with van der Waals surface area (Å²) in [5.41, 5.74) is 1.80. The molecule has 1 aliphatic rings. The van der Waals surface area contributed by atoms with Gasteiger partial charge in [-0.15, -0.1) is 0 Å². The second kappa shape index (κ2) is 8.11. The zero-order valence-corrected chi connectivity index (χ0v) is 14.8. The van der Waals surface area contributed by atoms with Crippen molar-refractivity contribution < 1.29 is 9.53 Å². The van der Waals surface area contributed by atoms with E-state index in [2.05, 4.69) is 34.1 Å². The third-order valence-electron chi connectivity index (χ3n) is 4.48. The molecule has 3 rings (SSSR count). The van der Waals surface area contributed by atoms with Gasteiger partial charge in [-0.05, 0) is 30.2 Å². The molecule has 134 valence electrons. The number of ether oxygens (including phenoxy) is 1. The van der Waals surface area contributed by atoms with Gasteiger partial charge in [0.05, 0.1) is 25.8 Å². The molecule has 2 aromatic rings. The van der Waals surface area contributed by atoms with Gasteiger partial charge in [0.2, 0.25) is 0 Å². The van der Waals surface area contributed by atoms with Crippen LogP contribution >= 0.6 is 0 Å². The summed E-state index contributed by atoms with van der Waals surface area (Å²) < 4.78 is 7.12. The van der Waals surface area contributed by atoms with E-state index in [0.29, 0.717) is 18.0 Å². The Hall–Kier alpha value is -2.41. The molecule has 1 aromatic heterocycles. The summed E-state index contributed by atoms with van der Waals surface area (Å²) in [6, 6.07) is 7.76. The number of carbonyl (C=O) groups excluding carboxylic acids is 1. The highest BCUT2D eigenvalue weighted by Crippen LogP contribution is 2.17. The van der Waals surface area contributed by atoms with Crippen LogP contribution in [0.5, 0.6) is 0 Å². The van der Waals surface area contributed by atoms with Crippen molar-refractivity contribution in [1.29, 1.82) is 0 Å². The van der Waals surface area contributed by atoms with E-state index in [4.69, 9.17) is 4.74 Å². The molecule has 2 heterocycles. The third-order valence-corrected chi connectivity index (χ3v) is 4.48. The molecule has 7 heteroatoms. The highest BCUT2D eigenvalue weighted by atomic mass is 16.5. The van der Waals surface area contributed by atoms with E-state index in [1.54, 1.807) is 11.0 Å². The summed E-state index contributed by atoms with van der Waals surface area (Å²) in [5.74, 6) is 0.230. The predicted octanol–water partition coefficient (Wildman–Crippen LogP) is 1.57. The molecule has 0 aliphatic carbocycles. The van der Waals surface area contributed by atoms with Gasteiger partial charge >= 0.3 is 0 Å². The smallest absolute Gasteiger partial charge is 0.251 e. The molecule has 1 aromatic carbocycles. The maximum Gasteiger partial charge on any atom is 0.251 e. The van der Waals surface area contributed by atoms with E-state index < -0.39 is 0 Å². The van der Waals surface area contributed by atoms with Gasteiger partial charge in [0.25, 0.3) is 5.91 Å². The van der Waals surface area contributed by atoms with Gasteiger partial charge in [-0.2, -0.15) is 5.10 Å². The number of nitrogens with one attached hydrogen (secondary N) is 1. The van der Waals surface area contributed by atoms with E-state index >= 15 is 0 Å². The van der Waals surface area contributed by atoms with Crippen LogP contribution in [0.1, 0.15) is 24.2 Å². The Morgan fingerprint density at radius 2 is 1.96 bits per heavy atom. The number of anilines is 1. The number of nitrogens with zero attached hydrogens (tertiary/aromatic N) is 4. The molecule has 1 fully saturated rings. The van der Waals surface area contributed by atoms with Crippen LogP contribution in [0.3, 0.4) is 0 Å². The summed E-state index contributed by atoms with van der Waals surface area (Å²) in [6.07, 6.45) is 3.17. The summed E-state index contributed by atoms with van der Waals surface area (Å²) in [6.45, 7) is 8.06. The predicted molar refractivity (Wildman–Crippen MR) is 95.6 cm³/mol. The van der Waals surface area contributed by atoms with Crippen molar-refractivity contribution in [3.8, 4) is 0 Å². The number of benzene rings is 1. The average molecular weight is 343 g/mol. The maximum atomic E-state index is 12.6. The lowest BCUT2D eigenvalue weighted by atomic mass is 10.0. The molecule has 7 nitrogen and oxygen atoms in total. The largest absolute Gasteiger partial charge is 0.378 e. The lowest BCUT2D eigenvalue weighted by Crippen LogP contribution is -2.41. The zero-order valence-electron chi connectivity index (χ0n) is 14.8. The summed E-state index contributed by atoms with van der Waals surface area (Å²) >= 11 is 0. The van der Waals surface area contributed by atoms with Crippen LogP contribution in [0.25, 0.3) is 0 Å². The third kappa shape index (κ3) is 4.57. The summed E-state index contributed by atoms with van der Waals surface area (Å²) in [5, 5.41) is 7.23. The molecular weight excluding hydrogens is 318 g/mol. The number of aromatic nitrogens is 3. The van der Waals surface area contributed by atoms with Crippen LogP contribution in [0, 0.1) is 5.92 Å². The molecule has 0 unspecified atom stereocenters. The summed E-state index contributed by atoms with van der Waals surface area (Å²) in [4.78, 5) is 18.8. The Bertz CT molecular complexity index is 663. The number of hydrogen-bond donors (Lipinski definition) is 1. The molecule has 0 spiro atoms. The van der Waals surface area contributed by atoms with Crippen molar-refractivity contribution in [2.24, 2.45) is 5.92 Å². The molecule has 0 radical (unpaired) electrons. The Kier molecular flexibility index (Phi) is 5.65. The first-order valence-corrected chi connectivity index (χ1v) is 8.69. The molecule has 1 saturated heterocycles. The number of amides is 1. The first kappa shape index (κ1) is 17.4. The molecular formula is C18H25N5O2. The maximum absolute atomic E-state index is 12.6. The van der Waals surface area contributed by atoms with Crippen molar-refractivity contribution in [1.82, 2.24) is 20.1 Å². The lowest BCUT2D eigenvalue weighted by Gasteiger charge is -2.29. The van der Waals surface area contributed by atoms with Gasteiger partial charge in [0.1, 0.15) is 12.7 Å². The summed E-state index contributed by atoms with van der Waals surface area (Å²) in [7, 11) is 0. The average Bonchev–Trinajstić information content (AvgIpc) is 3.15. The highest BCUT2D eigenvalue weighted by Gasteiger charge is 2.19. The van der Waals surface area contributed by atoms with Gasteiger partial charge in [-0.25, -0.2) is 4.98 Å². The van der Waals surface area contributed by atoms with E-state index in [9.17, 15) is 4.79 Å². The first-order valence-electron chi connectivity index (χ1n) is 8.69. The first-order chi connectivity index (χ1) is 12.1. The Balaban J connectivity index is 1.62. The number of morpholine rings is 1. The Morgan fingerprint density at radius 3 is 2.56 bits per heavy atom. The number of rotatable bonds is 6. The molecule has 0 saturated carbocycles. The van der Waals surface area contributed by atoms with E-state index in [1.165, 1.54) is 6.33 Å². The van der Waals surface area contributed by atoms with Crippen LogP contribution < -0.4 is 10.2 Å². The van der Waals surface area contributed by atoms with Gasteiger partial charge < -0.3 is 15.0 Å². The Labute approximate surface area is 148 Å². The number of hydrogen-bond acceptors (Lipinski definition) is 5. The lowest BCUT2D eigenvalue weighted by molar-refractivity contribution is 0.0919. The standard InChI is InChI=1S/C18H25N5O2/c1-14(2)17(11-23-13-19-12-20-23)21-18(24)15-3-5-16(6-4-15)22-7-9-25-10-8-22/h3-6,12-14,17H,7-11H2,1-2H3,(H,21,24)/t17-/m0/s1. The van der Waals surface area contributed by atoms with E-state index in [0.717, 1.165) is 32.0 Å². The quantitative estimate of drug-likeness (QED) is 0.862. The van der Waals surface area contributed by atoms with Crippen LogP contribution in [0.2, 0.25) is 0 Å². The van der Waals surface area contributed by atoms with Gasteiger partial charge in [0, 0.05) is 24.3 Å². The fraction of sp³-hybridized carbons (Fsp3) is 0.500. The number of carbonyl (C=O) groups is 1. The molecule has 1 aliphatic heterocycles. The van der Waals surface area contributed by atoms with E-state index in [1.807, 2.05) is 24.3 Å².